The Morgan fingerprint density at radius 2 is 1.87 bits per heavy atom. The van der Waals surface area contributed by atoms with E-state index in [1.165, 1.54) is 35.9 Å². The van der Waals surface area contributed by atoms with E-state index in [0.717, 1.165) is 37.2 Å². The van der Waals surface area contributed by atoms with Crippen molar-refractivity contribution in [3.05, 3.63) is 47.5 Å². The number of aromatic nitrogens is 1. The molecule has 2 aromatic rings. The van der Waals surface area contributed by atoms with E-state index in [4.69, 9.17) is 22.2 Å². The van der Waals surface area contributed by atoms with Crippen LogP contribution in [0.2, 0.25) is 0 Å². The molecule has 38 heavy (non-hydrogen) atoms. The monoisotopic (exact) mass is 547 g/mol. The number of hydrogen-bond acceptors (Lipinski definition) is 6. The van der Waals surface area contributed by atoms with Gasteiger partial charge in [0.25, 0.3) is 5.91 Å². The quantitative estimate of drug-likeness (QED) is 0.273. The van der Waals surface area contributed by atoms with Crippen molar-refractivity contribution in [1.29, 1.82) is 5.26 Å². The summed E-state index contributed by atoms with van der Waals surface area (Å²) in [6, 6.07) is 6.44. The molecule has 3 heterocycles. The zero-order valence-corrected chi connectivity index (χ0v) is 21.2. The van der Waals surface area contributed by atoms with Gasteiger partial charge in [0.05, 0.1) is 24.1 Å². The fraction of sp³-hybridized carbons (Fsp3) is 0.462. The number of alkyl halides is 3. The Bertz CT molecular complexity index is 1300. The third-order valence-electron chi connectivity index (χ3n) is 7.38. The van der Waals surface area contributed by atoms with Crippen molar-refractivity contribution >= 4 is 34.6 Å². The molecule has 1 saturated carbocycles. The maximum Gasteiger partial charge on any atom is 0.419 e. The molecule has 1 aromatic carbocycles. The first kappa shape index (κ1) is 26.3. The first-order chi connectivity index (χ1) is 18.2. The van der Waals surface area contributed by atoms with Crippen LogP contribution >= 0.6 is 12.2 Å². The molecule has 1 aromatic heterocycles. The molecule has 2 aliphatic heterocycles. The fourth-order valence-electron chi connectivity index (χ4n) is 5.31. The highest BCUT2D eigenvalue weighted by Crippen LogP contribution is 2.48. The smallest absolute Gasteiger partial charge is 0.419 e. The fourth-order valence-corrected chi connectivity index (χ4v) is 5.78. The van der Waals surface area contributed by atoms with Gasteiger partial charge in [0.1, 0.15) is 11.6 Å². The number of rotatable bonds is 7. The molecule has 0 unspecified atom stereocenters. The van der Waals surface area contributed by atoms with E-state index in [0.29, 0.717) is 37.6 Å². The second kappa shape index (κ2) is 10.1. The minimum atomic E-state index is -4.85. The lowest BCUT2D eigenvalue weighted by molar-refractivity contribution is -0.138. The second-order valence-electron chi connectivity index (χ2n) is 9.71. The highest BCUT2D eigenvalue weighted by molar-refractivity contribution is 7.81. The molecule has 7 nitrogen and oxygen atoms in total. The molecule has 1 spiro atoms. The van der Waals surface area contributed by atoms with Crippen LogP contribution in [0.3, 0.4) is 0 Å². The number of ether oxygens (including phenoxy) is 1. The number of amides is 1. The average Bonchev–Trinajstić information content (AvgIpc) is 3.45. The van der Waals surface area contributed by atoms with Crippen LogP contribution in [-0.2, 0) is 11.0 Å². The molecular formula is C26H25F4N5O2S. The van der Waals surface area contributed by atoms with Gasteiger partial charge < -0.3 is 14.5 Å². The Balaban J connectivity index is 1.38. The Hall–Kier alpha value is -3.30. The molecule has 1 amide bonds. The SMILES string of the molecule is N#Cc1ncc(N2C(=O)C3(CCC3)N(c3ccc(OCCCN4CCCC4)c(F)c3)C2=S)cc1C(F)(F)F. The molecule has 0 N–H and O–H groups in total. The first-order valence-corrected chi connectivity index (χ1v) is 12.9. The van der Waals surface area contributed by atoms with Crippen LogP contribution in [0.4, 0.5) is 28.9 Å². The van der Waals surface area contributed by atoms with Crippen molar-refractivity contribution in [3.8, 4) is 11.8 Å². The predicted octanol–water partition coefficient (Wildman–Crippen LogP) is 5.04. The maximum atomic E-state index is 15.0. The van der Waals surface area contributed by atoms with Gasteiger partial charge in [-0.1, -0.05) is 0 Å². The summed E-state index contributed by atoms with van der Waals surface area (Å²) in [6.07, 6.45) is 0.863. The summed E-state index contributed by atoms with van der Waals surface area (Å²) in [5.41, 5.74) is -3.06. The first-order valence-electron chi connectivity index (χ1n) is 12.5. The van der Waals surface area contributed by atoms with E-state index in [9.17, 15) is 18.0 Å². The van der Waals surface area contributed by atoms with Crippen molar-refractivity contribution in [2.45, 2.75) is 50.2 Å². The summed E-state index contributed by atoms with van der Waals surface area (Å²) >= 11 is 5.56. The summed E-state index contributed by atoms with van der Waals surface area (Å²) in [4.78, 5) is 22.0. The third kappa shape index (κ3) is 4.58. The molecule has 200 valence electrons. The number of thiocarbonyl (C=S) groups is 1. The van der Waals surface area contributed by atoms with Gasteiger partial charge in [0.2, 0.25) is 0 Å². The second-order valence-corrected chi connectivity index (χ2v) is 10.1. The van der Waals surface area contributed by atoms with Crippen molar-refractivity contribution in [2.75, 3.05) is 36.0 Å². The molecule has 0 radical (unpaired) electrons. The van der Waals surface area contributed by atoms with Gasteiger partial charge in [-0.15, -0.1) is 0 Å². The number of anilines is 2. The molecule has 3 fully saturated rings. The molecule has 0 bridgehead atoms. The van der Waals surface area contributed by atoms with E-state index in [2.05, 4.69) is 9.88 Å². The Morgan fingerprint density at radius 3 is 2.47 bits per heavy atom. The summed E-state index contributed by atoms with van der Waals surface area (Å²) in [6.45, 7) is 3.40. The van der Waals surface area contributed by atoms with Crippen LogP contribution in [0, 0.1) is 17.1 Å². The number of pyridine rings is 1. The van der Waals surface area contributed by atoms with Crippen LogP contribution in [0.25, 0.3) is 0 Å². The number of nitrogens with zero attached hydrogens (tertiary/aromatic N) is 5. The van der Waals surface area contributed by atoms with Gasteiger partial charge in [-0.2, -0.15) is 18.4 Å². The number of carbonyl (C=O) groups excluding carboxylic acids is 1. The van der Waals surface area contributed by atoms with Crippen molar-refractivity contribution in [2.24, 2.45) is 0 Å². The predicted molar refractivity (Wildman–Crippen MR) is 135 cm³/mol. The number of benzene rings is 1. The van der Waals surface area contributed by atoms with E-state index in [1.807, 2.05) is 0 Å². The van der Waals surface area contributed by atoms with E-state index in [-0.39, 0.29) is 16.5 Å². The number of carbonyl (C=O) groups is 1. The zero-order chi connectivity index (χ0) is 27.1. The van der Waals surface area contributed by atoms with E-state index in [1.54, 1.807) is 6.07 Å². The topological polar surface area (TPSA) is 72.7 Å². The number of halogens is 4. The largest absolute Gasteiger partial charge is 0.490 e. The normalized spacial score (nSPS) is 19.2. The number of nitriles is 1. The Kier molecular flexibility index (Phi) is 7.00. The van der Waals surface area contributed by atoms with Gasteiger partial charge in [-0.3, -0.25) is 9.69 Å². The van der Waals surface area contributed by atoms with Gasteiger partial charge in [0.15, 0.2) is 22.4 Å². The standard InChI is InChI=1S/C26H25F4N5O2S/c27-20-14-17(5-6-22(20)37-12-4-11-33-9-1-2-10-33)35-24(38)34(23(36)25(35)7-3-8-25)18-13-19(26(28,29)30)21(15-31)32-16-18/h5-6,13-14,16H,1-4,7-12H2. The summed E-state index contributed by atoms with van der Waals surface area (Å²) < 4.78 is 61.3. The lowest BCUT2D eigenvalue weighted by Gasteiger charge is -2.43. The van der Waals surface area contributed by atoms with Crippen LogP contribution < -0.4 is 14.5 Å². The minimum Gasteiger partial charge on any atom is -0.490 e. The molecular weight excluding hydrogens is 522 g/mol. The summed E-state index contributed by atoms with van der Waals surface area (Å²) in [5.74, 6) is -1.04. The Morgan fingerprint density at radius 1 is 1.13 bits per heavy atom. The third-order valence-corrected chi connectivity index (χ3v) is 7.75. The van der Waals surface area contributed by atoms with Gasteiger partial charge in [0, 0.05) is 18.3 Å². The molecule has 5 rings (SSSR count). The molecule has 1 aliphatic carbocycles. The highest BCUT2D eigenvalue weighted by Gasteiger charge is 2.59. The minimum absolute atomic E-state index is 0.0759. The number of likely N-dealkylation sites (tertiary alicyclic amines) is 1. The summed E-state index contributed by atoms with van der Waals surface area (Å²) in [7, 11) is 0. The Labute approximate surface area is 222 Å². The van der Waals surface area contributed by atoms with E-state index >= 15 is 4.39 Å². The van der Waals surface area contributed by atoms with Crippen LogP contribution in [0.5, 0.6) is 5.75 Å². The summed E-state index contributed by atoms with van der Waals surface area (Å²) in [5, 5.41) is 8.98. The van der Waals surface area contributed by atoms with Crippen LogP contribution in [0.1, 0.15) is 49.8 Å². The van der Waals surface area contributed by atoms with Gasteiger partial charge in [-0.25, -0.2) is 9.37 Å². The zero-order valence-electron chi connectivity index (χ0n) is 20.4. The van der Waals surface area contributed by atoms with Gasteiger partial charge >= 0.3 is 6.18 Å². The lowest BCUT2D eigenvalue weighted by atomic mass is 9.75. The van der Waals surface area contributed by atoms with Crippen molar-refractivity contribution in [1.82, 2.24) is 9.88 Å². The average molecular weight is 548 g/mol. The lowest BCUT2D eigenvalue weighted by Crippen LogP contribution is -2.55. The molecule has 12 heteroatoms. The van der Waals surface area contributed by atoms with Crippen molar-refractivity contribution in [3.63, 3.8) is 0 Å². The molecule has 0 atom stereocenters. The van der Waals surface area contributed by atoms with Crippen molar-refractivity contribution < 1.29 is 27.1 Å². The van der Waals surface area contributed by atoms with E-state index < -0.39 is 34.7 Å². The highest BCUT2D eigenvalue weighted by atomic mass is 32.1. The van der Waals surface area contributed by atoms with Crippen LogP contribution in [0.15, 0.2) is 30.5 Å². The molecule has 2 saturated heterocycles. The van der Waals surface area contributed by atoms with Crippen LogP contribution in [-0.4, -0.2) is 52.7 Å². The number of hydrogen-bond donors (Lipinski definition) is 0. The molecule has 3 aliphatic rings. The maximum absolute atomic E-state index is 15.0. The van der Waals surface area contributed by atoms with Gasteiger partial charge in [-0.05, 0) is 82.0 Å².